The molecule has 0 saturated heterocycles. The number of carboxylic acid groups (broad SMARTS) is 3. The van der Waals surface area contributed by atoms with Gasteiger partial charge in [-0.05, 0) is 12.1 Å². The maximum atomic E-state index is 11.1. The van der Waals surface area contributed by atoms with Gasteiger partial charge in [0.05, 0.1) is 5.56 Å². The van der Waals surface area contributed by atoms with Crippen LogP contribution >= 0.6 is 0 Å². The van der Waals surface area contributed by atoms with Crippen LogP contribution in [-0.2, 0) is 4.79 Å². The lowest BCUT2D eigenvalue weighted by molar-refractivity contribution is -0.129. The second-order valence-electron chi connectivity index (χ2n) is 3.41. The topological polar surface area (TPSA) is 138 Å². The molecule has 0 aliphatic carbocycles. The molecule has 0 radical (unpaired) electrons. The van der Waals surface area contributed by atoms with Gasteiger partial charge in [-0.2, -0.15) is 0 Å². The highest BCUT2D eigenvalue weighted by Gasteiger charge is 2.27. The summed E-state index contributed by atoms with van der Waals surface area (Å²) in [5.41, 5.74) is -2.27. The van der Waals surface area contributed by atoms with Crippen LogP contribution < -0.4 is 4.74 Å². The fraction of sp³-hybridized carbons (Fsp3) is 0. The minimum absolute atomic E-state index is 0.650. The molecule has 104 valence electrons. The molecule has 1 aromatic rings. The van der Waals surface area contributed by atoms with Crippen LogP contribution in [-0.4, -0.2) is 39.2 Å². The Morgan fingerprint density at radius 3 is 1.85 bits per heavy atom. The number of esters is 1. The van der Waals surface area contributed by atoms with Gasteiger partial charge in [0, 0.05) is 6.08 Å². The first kappa shape index (κ1) is 14.9. The predicted molar refractivity (Wildman–Crippen MR) is 63.2 cm³/mol. The zero-order chi connectivity index (χ0) is 15.4. The van der Waals surface area contributed by atoms with E-state index in [0.717, 1.165) is 12.1 Å². The lowest BCUT2D eigenvalue weighted by Gasteiger charge is -2.11. The molecule has 0 aromatic heterocycles. The first-order valence-electron chi connectivity index (χ1n) is 5.00. The van der Waals surface area contributed by atoms with E-state index in [9.17, 15) is 19.2 Å². The summed E-state index contributed by atoms with van der Waals surface area (Å²) in [6.07, 6.45) is 0.685. The highest BCUT2D eigenvalue weighted by molar-refractivity contribution is 6.08. The Morgan fingerprint density at radius 1 is 0.950 bits per heavy atom. The van der Waals surface area contributed by atoms with Crippen molar-refractivity contribution in [3.63, 3.8) is 0 Å². The molecular formula is C12H8O8. The Hall–Kier alpha value is -3.16. The second kappa shape index (κ2) is 5.65. The monoisotopic (exact) mass is 280 g/mol. The Balaban J connectivity index is 3.69. The van der Waals surface area contributed by atoms with Crippen molar-refractivity contribution in [2.24, 2.45) is 0 Å². The van der Waals surface area contributed by atoms with E-state index >= 15 is 0 Å². The van der Waals surface area contributed by atoms with Crippen LogP contribution in [0, 0.1) is 0 Å². The Kier molecular flexibility index (Phi) is 4.21. The Morgan fingerprint density at radius 2 is 1.45 bits per heavy atom. The molecule has 0 atom stereocenters. The summed E-state index contributed by atoms with van der Waals surface area (Å²) in [5.74, 6) is -6.88. The molecule has 20 heavy (non-hydrogen) atoms. The van der Waals surface area contributed by atoms with E-state index in [0.29, 0.717) is 6.08 Å². The normalized spacial score (nSPS) is 9.60. The zero-order valence-corrected chi connectivity index (χ0v) is 9.82. The van der Waals surface area contributed by atoms with Gasteiger partial charge in [0.15, 0.2) is 5.75 Å². The van der Waals surface area contributed by atoms with Gasteiger partial charge in [0.25, 0.3) is 0 Å². The molecule has 1 rings (SSSR count). The quantitative estimate of drug-likeness (QED) is 0.410. The van der Waals surface area contributed by atoms with Crippen molar-refractivity contribution in [3.8, 4) is 5.75 Å². The van der Waals surface area contributed by atoms with Gasteiger partial charge < -0.3 is 20.1 Å². The van der Waals surface area contributed by atoms with Crippen LogP contribution in [0.25, 0.3) is 0 Å². The Bertz CT molecular complexity index is 629. The summed E-state index contributed by atoms with van der Waals surface area (Å²) in [7, 11) is 0. The smallest absolute Gasteiger partial charge is 0.340 e. The van der Waals surface area contributed by atoms with E-state index in [1.807, 2.05) is 0 Å². The van der Waals surface area contributed by atoms with E-state index in [1.54, 1.807) is 0 Å². The predicted octanol–water partition coefficient (Wildman–Crippen LogP) is 0.873. The van der Waals surface area contributed by atoms with Crippen LogP contribution in [0.5, 0.6) is 5.75 Å². The van der Waals surface area contributed by atoms with E-state index in [1.165, 1.54) is 0 Å². The van der Waals surface area contributed by atoms with Gasteiger partial charge in [-0.1, -0.05) is 6.58 Å². The lowest BCUT2D eigenvalue weighted by Crippen LogP contribution is -2.16. The number of carboxylic acids is 3. The SMILES string of the molecule is C=CC(=O)Oc1c(C(=O)O)ccc(C(=O)O)c1C(=O)O. The average molecular weight is 280 g/mol. The first-order valence-corrected chi connectivity index (χ1v) is 5.00. The largest absolute Gasteiger partial charge is 0.478 e. The van der Waals surface area contributed by atoms with Gasteiger partial charge >= 0.3 is 23.9 Å². The molecule has 0 aliphatic rings. The molecule has 0 amide bonds. The molecular weight excluding hydrogens is 272 g/mol. The van der Waals surface area contributed by atoms with Crippen LogP contribution in [0.15, 0.2) is 24.8 Å². The lowest BCUT2D eigenvalue weighted by atomic mass is 10.0. The summed E-state index contributed by atoms with van der Waals surface area (Å²) in [6.45, 7) is 3.08. The number of ether oxygens (including phenoxy) is 1. The number of benzene rings is 1. The van der Waals surface area contributed by atoms with Crippen molar-refractivity contribution >= 4 is 23.9 Å². The van der Waals surface area contributed by atoms with Crippen LogP contribution in [0.1, 0.15) is 31.1 Å². The summed E-state index contributed by atoms with van der Waals surface area (Å²) in [6, 6.07) is 1.64. The summed E-state index contributed by atoms with van der Waals surface area (Å²) in [4.78, 5) is 44.2. The zero-order valence-electron chi connectivity index (χ0n) is 9.82. The molecule has 3 N–H and O–H groups in total. The van der Waals surface area contributed by atoms with Crippen molar-refractivity contribution in [1.29, 1.82) is 0 Å². The third kappa shape index (κ3) is 2.80. The third-order valence-corrected chi connectivity index (χ3v) is 2.20. The van der Waals surface area contributed by atoms with Crippen molar-refractivity contribution < 1.29 is 39.2 Å². The fourth-order valence-electron chi connectivity index (χ4n) is 1.39. The number of hydrogen-bond acceptors (Lipinski definition) is 5. The second-order valence-corrected chi connectivity index (χ2v) is 3.41. The number of aromatic carboxylic acids is 3. The highest BCUT2D eigenvalue weighted by atomic mass is 16.5. The van der Waals surface area contributed by atoms with E-state index in [4.69, 9.17) is 15.3 Å². The van der Waals surface area contributed by atoms with Crippen LogP contribution in [0.4, 0.5) is 0 Å². The molecule has 0 bridgehead atoms. The molecule has 1 aromatic carbocycles. The van der Waals surface area contributed by atoms with Crippen LogP contribution in [0.3, 0.4) is 0 Å². The fourth-order valence-corrected chi connectivity index (χ4v) is 1.39. The minimum atomic E-state index is -1.74. The Labute approximate surface area is 111 Å². The summed E-state index contributed by atoms with van der Waals surface area (Å²) < 4.78 is 4.56. The molecule has 0 fully saturated rings. The highest BCUT2D eigenvalue weighted by Crippen LogP contribution is 2.28. The van der Waals surface area contributed by atoms with Crippen molar-refractivity contribution in [3.05, 3.63) is 41.5 Å². The summed E-state index contributed by atoms with van der Waals surface area (Å²) >= 11 is 0. The van der Waals surface area contributed by atoms with Gasteiger partial charge in [-0.3, -0.25) is 0 Å². The van der Waals surface area contributed by atoms with Gasteiger partial charge in [0.2, 0.25) is 0 Å². The maximum absolute atomic E-state index is 11.1. The van der Waals surface area contributed by atoms with E-state index in [2.05, 4.69) is 11.3 Å². The van der Waals surface area contributed by atoms with Gasteiger partial charge in [-0.15, -0.1) is 0 Å². The molecule has 0 heterocycles. The standard InChI is InChI=1S/C12H8O8/c1-2-7(13)20-9-6(11(16)17)4-3-5(10(14)15)8(9)12(18)19/h2-4H,1H2,(H,14,15)(H,16,17)(H,18,19). The molecule has 8 nitrogen and oxygen atoms in total. The molecule has 0 aliphatic heterocycles. The van der Waals surface area contributed by atoms with E-state index in [-0.39, 0.29) is 0 Å². The minimum Gasteiger partial charge on any atom is -0.478 e. The number of carbonyl (C=O) groups excluding carboxylic acids is 1. The molecule has 0 unspecified atom stereocenters. The van der Waals surface area contributed by atoms with Crippen molar-refractivity contribution in [2.75, 3.05) is 0 Å². The number of rotatable bonds is 5. The number of carbonyl (C=O) groups is 4. The van der Waals surface area contributed by atoms with Gasteiger partial charge in [-0.25, -0.2) is 19.2 Å². The molecule has 8 heteroatoms. The summed E-state index contributed by atoms with van der Waals surface area (Å²) in [5, 5.41) is 26.8. The molecule has 0 spiro atoms. The van der Waals surface area contributed by atoms with E-state index < -0.39 is 46.3 Å². The average Bonchev–Trinajstić information content (AvgIpc) is 2.36. The maximum Gasteiger partial charge on any atom is 0.340 e. The van der Waals surface area contributed by atoms with Crippen molar-refractivity contribution in [2.45, 2.75) is 0 Å². The third-order valence-electron chi connectivity index (χ3n) is 2.20. The van der Waals surface area contributed by atoms with Crippen LogP contribution in [0.2, 0.25) is 0 Å². The van der Waals surface area contributed by atoms with Crippen molar-refractivity contribution in [1.82, 2.24) is 0 Å². The first-order chi connectivity index (χ1) is 9.29. The molecule has 0 saturated carbocycles. The van der Waals surface area contributed by atoms with Gasteiger partial charge in [0.1, 0.15) is 11.1 Å². The number of hydrogen-bond donors (Lipinski definition) is 3.